The quantitative estimate of drug-likeness (QED) is 0.476. The van der Waals surface area contributed by atoms with E-state index in [1.165, 1.54) is 18.2 Å². The van der Waals surface area contributed by atoms with Crippen LogP contribution in [-0.2, 0) is 9.59 Å². The maximum atomic E-state index is 11.8. The number of hydrogen-bond acceptors (Lipinski definition) is 6. The van der Waals surface area contributed by atoms with Gasteiger partial charge < -0.3 is 0 Å². The summed E-state index contributed by atoms with van der Waals surface area (Å²) in [6.45, 7) is 3.28. The molecule has 0 fully saturated rings. The largest absolute Gasteiger partial charge is 0.273 e. The number of non-ortho nitro benzene ring substituents is 1. The third-order valence-electron chi connectivity index (χ3n) is 3.38. The molecule has 1 aliphatic rings. The summed E-state index contributed by atoms with van der Waals surface area (Å²) in [4.78, 5) is 33.6. The predicted octanol–water partition coefficient (Wildman–Crippen LogP) is 0.947. The van der Waals surface area contributed by atoms with Gasteiger partial charge in [0.1, 0.15) is 0 Å². The molecule has 2 N–H and O–H groups in total. The van der Waals surface area contributed by atoms with Crippen LogP contribution >= 0.6 is 0 Å². The molecule has 1 heterocycles. The van der Waals surface area contributed by atoms with E-state index in [4.69, 9.17) is 0 Å². The molecule has 0 saturated carbocycles. The van der Waals surface area contributed by atoms with Gasteiger partial charge in [0.2, 0.25) is 11.8 Å². The predicted molar refractivity (Wildman–Crippen MR) is 82.8 cm³/mol. The number of hydrogen-bond donors (Lipinski definition) is 2. The molecule has 23 heavy (non-hydrogen) atoms. The minimum absolute atomic E-state index is 0.0576. The summed E-state index contributed by atoms with van der Waals surface area (Å²) >= 11 is 0. The number of rotatable bonds is 5. The number of nitro benzene ring substituents is 1. The highest BCUT2D eigenvalue weighted by atomic mass is 16.6. The average molecular weight is 317 g/mol. The van der Waals surface area contributed by atoms with Gasteiger partial charge in [-0.25, -0.2) is 10.9 Å². The second kappa shape index (κ2) is 6.77. The molecule has 120 valence electrons. The molecule has 1 atom stereocenters. The Morgan fingerprint density at radius 2 is 2.26 bits per heavy atom. The lowest BCUT2D eigenvalue weighted by Gasteiger charge is -2.07. The molecule has 0 aliphatic carbocycles. The molecule has 1 aliphatic heterocycles. The molecule has 2 rings (SSSR count). The van der Waals surface area contributed by atoms with Crippen LogP contribution < -0.4 is 10.9 Å². The maximum Gasteiger partial charge on any atom is 0.270 e. The van der Waals surface area contributed by atoms with Crippen LogP contribution in [0.2, 0.25) is 0 Å². The van der Waals surface area contributed by atoms with Crippen molar-refractivity contribution in [3.05, 3.63) is 39.9 Å². The molecule has 0 spiro atoms. The van der Waals surface area contributed by atoms with Gasteiger partial charge in [0.05, 0.1) is 16.6 Å². The summed E-state index contributed by atoms with van der Waals surface area (Å²) in [7, 11) is 0. The van der Waals surface area contributed by atoms with Crippen molar-refractivity contribution in [2.24, 2.45) is 16.1 Å². The molecule has 0 bridgehead atoms. The Morgan fingerprint density at radius 3 is 2.87 bits per heavy atom. The van der Waals surface area contributed by atoms with E-state index in [0.29, 0.717) is 17.0 Å². The van der Waals surface area contributed by atoms with Gasteiger partial charge in [-0.3, -0.25) is 19.7 Å². The first-order chi connectivity index (χ1) is 10.9. The van der Waals surface area contributed by atoms with E-state index >= 15 is 0 Å². The van der Waals surface area contributed by atoms with Gasteiger partial charge in [-0.1, -0.05) is 12.1 Å². The first kappa shape index (κ1) is 16.3. The van der Waals surface area contributed by atoms with E-state index in [9.17, 15) is 19.7 Å². The molecule has 0 aromatic heterocycles. The molecule has 1 unspecified atom stereocenters. The van der Waals surface area contributed by atoms with Crippen molar-refractivity contribution in [1.29, 1.82) is 0 Å². The normalized spacial score (nSPS) is 17.5. The fraction of sp³-hybridized carbons (Fsp3) is 0.286. The summed E-state index contributed by atoms with van der Waals surface area (Å²) in [6.07, 6.45) is -0.0626. The van der Waals surface area contributed by atoms with E-state index < -0.39 is 16.7 Å². The number of nitro groups is 1. The van der Waals surface area contributed by atoms with Crippen molar-refractivity contribution >= 4 is 28.9 Å². The molecule has 0 radical (unpaired) electrons. The monoisotopic (exact) mass is 317 g/mol. The zero-order chi connectivity index (χ0) is 17.0. The Balaban J connectivity index is 2.00. The summed E-state index contributed by atoms with van der Waals surface area (Å²) in [5.41, 5.74) is 6.08. The van der Waals surface area contributed by atoms with Crippen molar-refractivity contribution in [3.8, 4) is 0 Å². The number of nitrogens with zero attached hydrogens (tertiary/aromatic N) is 3. The van der Waals surface area contributed by atoms with Crippen molar-refractivity contribution in [3.63, 3.8) is 0 Å². The number of carbonyl (C=O) groups is 2. The number of amides is 2. The Hall–Kier alpha value is -3.10. The maximum absolute atomic E-state index is 11.8. The van der Waals surface area contributed by atoms with Crippen molar-refractivity contribution in [2.45, 2.75) is 20.3 Å². The van der Waals surface area contributed by atoms with Crippen LogP contribution in [0.4, 0.5) is 5.69 Å². The van der Waals surface area contributed by atoms with E-state index in [1.54, 1.807) is 19.9 Å². The fourth-order valence-electron chi connectivity index (χ4n) is 2.02. The highest BCUT2D eigenvalue weighted by molar-refractivity contribution is 6.09. The van der Waals surface area contributed by atoms with Crippen LogP contribution in [0.5, 0.6) is 0 Å². The minimum Gasteiger partial charge on any atom is -0.273 e. The third-order valence-corrected chi connectivity index (χ3v) is 3.38. The smallest absolute Gasteiger partial charge is 0.270 e. The van der Waals surface area contributed by atoms with Crippen molar-refractivity contribution in [1.82, 2.24) is 10.9 Å². The van der Waals surface area contributed by atoms with E-state index in [-0.39, 0.29) is 18.0 Å². The van der Waals surface area contributed by atoms with Gasteiger partial charge in [-0.2, -0.15) is 10.2 Å². The van der Waals surface area contributed by atoms with Crippen LogP contribution in [0, 0.1) is 16.0 Å². The van der Waals surface area contributed by atoms with E-state index in [0.717, 1.165) is 0 Å². The molecule has 1 aromatic carbocycles. The zero-order valence-corrected chi connectivity index (χ0v) is 12.6. The molecule has 2 amide bonds. The summed E-state index contributed by atoms with van der Waals surface area (Å²) < 4.78 is 0. The lowest BCUT2D eigenvalue weighted by molar-refractivity contribution is -0.384. The molecule has 9 heteroatoms. The van der Waals surface area contributed by atoms with Crippen LogP contribution in [0.3, 0.4) is 0 Å². The second-order valence-corrected chi connectivity index (χ2v) is 5.03. The van der Waals surface area contributed by atoms with Crippen LogP contribution in [0.1, 0.15) is 25.8 Å². The highest BCUT2D eigenvalue weighted by Gasteiger charge is 2.29. The Kier molecular flexibility index (Phi) is 4.79. The van der Waals surface area contributed by atoms with Gasteiger partial charge in [-0.05, 0) is 13.8 Å². The average Bonchev–Trinajstić information content (AvgIpc) is 2.84. The second-order valence-electron chi connectivity index (χ2n) is 5.03. The first-order valence-corrected chi connectivity index (χ1v) is 6.80. The first-order valence-electron chi connectivity index (χ1n) is 6.80. The van der Waals surface area contributed by atoms with Crippen LogP contribution in [-0.4, -0.2) is 28.2 Å². The number of carbonyl (C=O) groups excluding carboxylic acids is 2. The van der Waals surface area contributed by atoms with Gasteiger partial charge in [0, 0.05) is 29.8 Å². The SMILES string of the molecule is CC(=NNC(=O)CC1C(=O)NN=C1C)c1cccc([N+](=O)[O-])c1. The van der Waals surface area contributed by atoms with Gasteiger partial charge in [0.25, 0.3) is 5.69 Å². The molecule has 1 aromatic rings. The van der Waals surface area contributed by atoms with E-state index in [1.807, 2.05) is 0 Å². The topological polar surface area (TPSA) is 126 Å². The fourth-order valence-corrected chi connectivity index (χ4v) is 2.02. The van der Waals surface area contributed by atoms with Crippen molar-refractivity contribution in [2.75, 3.05) is 0 Å². The van der Waals surface area contributed by atoms with Crippen LogP contribution in [0.15, 0.2) is 34.5 Å². The van der Waals surface area contributed by atoms with E-state index in [2.05, 4.69) is 21.1 Å². The zero-order valence-electron chi connectivity index (χ0n) is 12.6. The highest BCUT2D eigenvalue weighted by Crippen LogP contribution is 2.14. The van der Waals surface area contributed by atoms with Gasteiger partial charge in [-0.15, -0.1) is 0 Å². The molecular weight excluding hydrogens is 302 g/mol. The number of benzene rings is 1. The van der Waals surface area contributed by atoms with Crippen LogP contribution in [0.25, 0.3) is 0 Å². The lowest BCUT2D eigenvalue weighted by Crippen LogP contribution is -2.29. The Morgan fingerprint density at radius 1 is 1.52 bits per heavy atom. The number of nitrogens with one attached hydrogen (secondary N) is 2. The Bertz CT molecular complexity index is 726. The Labute approximate surface area is 131 Å². The molecule has 0 saturated heterocycles. The summed E-state index contributed by atoms with van der Waals surface area (Å²) in [5, 5.41) is 18.4. The van der Waals surface area contributed by atoms with Gasteiger partial charge in [0.15, 0.2) is 0 Å². The molecular formula is C14H15N5O4. The molecule has 9 nitrogen and oxygen atoms in total. The number of hydrazone groups is 2. The standard InChI is InChI=1S/C14H15N5O4/c1-8(10-4-3-5-11(6-10)19(22)23)15-17-13(20)7-12-9(2)16-18-14(12)21/h3-6,12H,7H2,1-2H3,(H,17,20)(H,18,21). The van der Waals surface area contributed by atoms with Crippen molar-refractivity contribution < 1.29 is 14.5 Å². The van der Waals surface area contributed by atoms with Gasteiger partial charge >= 0.3 is 0 Å². The summed E-state index contributed by atoms with van der Waals surface area (Å²) in [6, 6.07) is 5.93. The minimum atomic E-state index is -0.594. The summed E-state index contributed by atoms with van der Waals surface area (Å²) in [5.74, 6) is -1.35. The third kappa shape index (κ3) is 3.96. The lowest BCUT2D eigenvalue weighted by atomic mass is 10.0.